The molecule has 0 fully saturated rings. The molecule has 0 saturated carbocycles. The topological polar surface area (TPSA) is 0 Å². The zero-order valence-corrected chi connectivity index (χ0v) is 14.4. The van der Waals surface area contributed by atoms with Crippen molar-refractivity contribution in [2.75, 3.05) is 0 Å². The van der Waals surface area contributed by atoms with Gasteiger partial charge in [-0.1, -0.05) is 67.6 Å². The van der Waals surface area contributed by atoms with E-state index < -0.39 is 17.5 Å². The van der Waals surface area contributed by atoms with Crippen LogP contribution < -0.4 is 0 Å². The lowest BCUT2D eigenvalue weighted by molar-refractivity contribution is 0.540. The van der Waals surface area contributed by atoms with E-state index in [1.807, 2.05) is 42.5 Å². The van der Waals surface area contributed by atoms with Crippen LogP contribution in [-0.4, -0.2) is 0 Å². The minimum absolute atomic E-state index is 0.242. The van der Waals surface area contributed by atoms with E-state index in [1.54, 1.807) is 6.08 Å². The molecule has 132 valence electrons. The normalized spacial score (nSPS) is 12.5. The third-order valence-corrected chi connectivity index (χ3v) is 4.38. The highest BCUT2D eigenvalue weighted by Crippen LogP contribution is 2.21. The molecule has 0 heterocycles. The molecule has 26 heavy (non-hydrogen) atoms. The zero-order chi connectivity index (χ0) is 18.5. The molecular weight excluding hydrogens is 333 g/mol. The van der Waals surface area contributed by atoms with E-state index in [2.05, 4.69) is 19.1 Å². The molecule has 0 unspecified atom stereocenters. The molecule has 3 aromatic carbocycles. The summed E-state index contributed by atoms with van der Waals surface area (Å²) in [5, 5.41) is 0. The molecule has 0 aromatic heterocycles. The Morgan fingerprint density at radius 2 is 1.42 bits per heavy atom. The summed E-state index contributed by atoms with van der Waals surface area (Å²) in [7, 11) is 0. The number of hydrogen-bond donors (Lipinski definition) is 0. The minimum Gasteiger partial charge on any atom is -0.207 e. The van der Waals surface area contributed by atoms with Gasteiger partial charge in [0.1, 0.15) is 17.5 Å². The summed E-state index contributed by atoms with van der Waals surface area (Å²) in [6.07, 6.45) is 3.85. The van der Waals surface area contributed by atoms with Gasteiger partial charge in [-0.05, 0) is 35.1 Å². The van der Waals surface area contributed by atoms with Crippen molar-refractivity contribution in [3.63, 3.8) is 0 Å². The predicted octanol–water partition coefficient (Wildman–Crippen LogP) is 6.62. The summed E-state index contributed by atoms with van der Waals surface area (Å²) in [6.45, 7) is 2.18. The van der Waals surface area contributed by atoms with E-state index >= 15 is 0 Å². The van der Waals surface area contributed by atoms with Gasteiger partial charge in [0.05, 0.1) is 0 Å². The van der Waals surface area contributed by atoms with Gasteiger partial charge in [-0.15, -0.1) is 0 Å². The van der Waals surface area contributed by atoms with E-state index in [1.165, 1.54) is 17.2 Å². The first kappa shape index (κ1) is 18.0. The molecule has 3 rings (SSSR count). The minimum atomic E-state index is -0.922. The summed E-state index contributed by atoms with van der Waals surface area (Å²) in [5.41, 5.74) is 3.06. The number of benzene rings is 3. The van der Waals surface area contributed by atoms with Gasteiger partial charge in [-0.3, -0.25) is 0 Å². The Morgan fingerprint density at radius 3 is 2.04 bits per heavy atom. The fourth-order valence-electron chi connectivity index (χ4n) is 2.91. The molecule has 0 aliphatic heterocycles. The maximum Gasteiger partial charge on any atom is 0.136 e. The predicted molar refractivity (Wildman–Crippen MR) is 100 cm³/mol. The molecule has 0 saturated heterocycles. The number of halogens is 3. The Bertz CT molecular complexity index is 873. The summed E-state index contributed by atoms with van der Waals surface area (Å²) in [4.78, 5) is 0. The summed E-state index contributed by atoms with van der Waals surface area (Å²) < 4.78 is 40.2. The maximum atomic E-state index is 13.7. The lowest BCUT2D eigenvalue weighted by Gasteiger charge is -2.12. The van der Waals surface area contributed by atoms with Gasteiger partial charge in [0.2, 0.25) is 0 Å². The van der Waals surface area contributed by atoms with E-state index in [9.17, 15) is 13.2 Å². The molecular formula is C23H19F3. The van der Waals surface area contributed by atoms with Crippen molar-refractivity contribution >= 4 is 12.2 Å². The van der Waals surface area contributed by atoms with Gasteiger partial charge in [-0.2, -0.15) is 0 Å². The molecule has 0 bridgehead atoms. The van der Waals surface area contributed by atoms with Crippen LogP contribution in [-0.2, 0) is 6.42 Å². The molecule has 1 atom stereocenters. The third kappa shape index (κ3) is 4.42. The van der Waals surface area contributed by atoms with Crippen LogP contribution in [0.5, 0.6) is 0 Å². The van der Waals surface area contributed by atoms with Crippen LogP contribution in [0.15, 0.2) is 66.7 Å². The van der Waals surface area contributed by atoms with Crippen LogP contribution in [0.2, 0.25) is 0 Å². The van der Waals surface area contributed by atoms with Crippen molar-refractivity contribution in [1.82, 2.24) is 0 Å². The number of hydrogen-bond acceptors (Lipinski definition) is 0. The Labute approximate surface area is 151 Å². The second kappa shape index (κ2) is 8.05. The first-order valence-electron chi connectivity index (χ1n) is 8.49. The Balaban J connectivity index is 1.70. The second-order valence-electron chi connectivity index (χ2n) is 6.37. The first-order chi connectivity index (χ1) is 12.5. The SMILES string of the molecule is C[C@H](Cc1ccc(C=Cc2c(F)cc(F)cc2F)cc1)c1ccccc1. The van der Waals surface area contributed by atoms with E-state index in [-0.39, 0.29) is 5.56 Å². The smallest absolute Gasteiger partial charge is 0.136 e. The van der Waals surface area contributed by atoms with Gasteiger partial charge in [0.25, 0.3) is 0 Å². The third-order valence-electron chi connectivity index (χ3n) is 4.38. The molecule has 0 nitrogen and oxygen atoms in total. The van der Waals surface area contributed by atoms with Gasteiger partial charge in [-0.25, -0.2) is 13.2 Å². The van der Waals surface area contributed by atoms with E-state index in [0.29, 0.717) is 18.1 Å². The monoisotopic (exact) mass is 352 g/mol. The Hall–Kier alpha value is -2.81. The summed E-state index contributed by atoms with van der Waals surface area (Å²) >= 11 is 0. The van der Waals surface area contributed by atoms with Gasteiger partial charge < -0.3 is 0 Å². The average Bonchev–Trinajstić information content (AvgIpc) is 2.63. The van der Waals surface area contributed by atoms with Gasteiger partial charge >= 0.3 is 0 Å². The lowest BCUT2D eigenvalue weighted by Crippen LogP contribution is -1.98. The van der Waals surface area contributed by atoms with Crippen LogP contribution in [0.1, 0.15) is 35.1 Å². The van der Waals surface area contributed by atoms with Crippen LogP contribution in [0.4, 0.5) is 13.2 Å². The van der Waals surface area contributed by atoms with Gasteiger partial charge in [0.15, 0.2) is 0 Å². The van der Waals surface area contributed by atoms with Crippen molar-refractivity contribution in [1.29, 1.82) is 0 Å². The van der Waals surface area contributed by atoms with Crippen molar-refractivity contribution in [2.24, 2.45) is 0 Å². The highest BCUT2D eigenvalue weighted by Gasteiger charge is 2.09. The maximum absolute atomic E-state index is 13.7. The highest BCUT2D eigenvalue weighted by molar-refractivity contribution is 5.70. The molecule has 0 aliphatic rings. The Kier molecular flexibility index (Phi) is 5.57. The molecule has 0 radical (unpaired) electrons. The molecule has 3 heteroatoms. The van der Waals surface area contributed by atoms with Crippen LogP contribution >= 0.6 is 0 Å². The van der Waals surface area contributed by atoms with Crippen molar-refractivity contribution in [3.8, 4) is 0 Å². The van der Waals surface area contributed by atoms with E-state index in [0.717, 1.165) is 12.0 Å². The van der Waals surface area contributed by atoms with Gasteiger partial charge in [0, 0.05) is 17.7 Å². The van der Waals surface area contributed by atoms with Crippen LogP contribution in [0.3, 0.4) is 0 Å². The molecule has 0 amide bonds. The molecule has 3 aromatic rings. The number of rotatable bonds is 5. The summed E-state index contributed by atoms with van der Waals surface area (Å²) in [5.74, 6) is -2.34. The molecule has 0 aliphatic carbocycles. The molecule has 0 N–H and O–H groups in total. The fourth-order valence-corrected chi connectivity index (χ4v) is 2.91. The fraction of sp³-hybridized carbons (Fsp3) is 0.130. The van der Waals surface area contributed by atoms with Crippen LogP contribution in [0, 0.1) is 17.5 Å². The quantitative estimate of drug-likeness (QED) is 0.453. The van der Waals surface area contributed by atoms with Crippen molar-refractivity contribution < 1.29 is 13.2 Å². The Morgan fingerprint density at radius 1 is 0.808 bits per heavy atom. The highest BCUT2D eigenvalue weighted by atomic mass is 19.1. The molecule has 0 spiro atoms. The largest absolute Gasteiger partial charge is 0.207 e. The first-order valence-corrected chi connectivity index (χ1v) is 8.49. The van der Waals surface area contributed by atoms with Crippen molar-refractivity contribution in [2.45, 2.75) is 19.3 Å². The van der Waals surface area contributed by atoms with E-state index in [4.69, 9.17) is 0 Å². The summed E-state index contributed by atoms with van der Waals surface area (Å²) in [6, 6.07) is 19.5. The zero-order valence-electron chi connectivity index (χ0n) is 14.4. The van der Waals surface area contributed by atoms with Crippen LogP contribution in [0.25, 0.3) is 12.2 Å². The standard InChI is InChI=1S/C23H19F3/c1-16(19-5-3-2-4-6-19)13-18-9-7-17(8-10-18)11-12-21-22(25)14-20(24)15-23(21)26/h2-12,14-16H,13H2,1H3/t16-/m1/s1. The average molecular weight is 352 g/mol. The van der Waals surface area contributed by atoms with Crippen molar-refractivity contribution in [3.05, 3.63) is 106 Å². The second-order valence-corrected chi connectivity index (χ2v) is 6.37. The lowest BCUT2D eigenvalue weighted by atomic mass is 9.93.